The van der Waals surface area contributed by atoms with Crippen LogP contribution in [0.4, 0.5) is 0 Å². The maximum atomic E-state index is 13.0. The number of amides is 1. The lowest BCUT2D eigenvalue weighted by Crippen LogP contribution is -2.42. The van der Waals surface area contributed by atoms with E-state index in [1.807, 2.05) is 28.6 Å². The number of aromatic nitrogens is 4. The average Bonchev–Trinajstić information content (AvgIpc) is 3.13. The maximum Gasteiger partial charge on any atom is 0.256 e. The highest BCUT2D eigenvalue weighted by Gasteiger charge is 2.44. The van der Waals surface area contributed by atoms with Crippen LogP contribution in [-0.2, 0) is 6.42 Å². The van der Waals surface area contributed by atoms with Crippen molar-refractivity contribution in [2.75, 3.05) is 0 Å². The summed E-state index contributed by atoms with van der Waals surface area (Å²) in [4.78, 5) is 23.4. The van der Waals surface area contributed by atoms with Gasteiger partial charge in [-0.3, -0.25) is 9.78 Å². The third kappa shape index (κ3) is 2.05. The quantitative estimate of drug-likeness (QED) is 0.736. The van der Waals surface area contributed by atoms with E-state index >= 15 is 0 Å². The highest BCUT2D eigenvalue weighted by Crippen LogP contribution is 2.44. The van der Waals surface area contributed by atoms with E-state index < -0.39 is 0 Å². The van der Waals surface area contributed by atoms with Crippen molar-refractivity contribution in [3.63, 3.8) is 0 Å². The van der Waals surface area contributed by atoms with E-state index in [4.69, 9.17) is 0 Å². The van der Waals surface area contributed by atoms with Crippen molar-refractivity contribution >= 4 is 11.6 Å². The minimum Gasteiger partial charge on any atom is -0.506 e. The van der Waals surface area contributed by atoms with E-state index in [9.17, 15) is 9.90 Å². The molecule has 5 heterocycles. The van der Waals surface area contributed by atoms with E-state index in [0.717, 1.165) is 41.9 Å². The van der Waals surface area contributed by atoms with Gasteiger partial charge in [0.15, 0.2) is 5.65 Å². The Labute approximate surface area is 143 Å². The molecule has 3 aromatic rings. The molecule has 1 N–H and O–H groups in total. The second-order valence-corrected chi connectivity index (χ2v) is 6.81. The average molecular weight is 335 g/mol. The summed E-state index contributed by atoms with van der Waals surface area (Å²) in [5, 5.41) is 14.2. The molecule has 1 amide bonds. The molecule has 0 radical (unpaired) electrons. The number of aromatic hydroxyl groups is 1. The van der Waals surface area contributed by atoms with Crippen molar-refractivity contribution in [2.45, 2.75) is 38.3 Å². The summed E-state index contributed by atoms with van der Waals surface area (Å²) in [6.07, 6.45) is 7.37. The Morgan fingerprint density at radius 2 is 2.12 bits per heavy atom. The molecule has 0 unspecified atom stereocenters. The number of aryl methyl sites for hydroxylation is 1. The molecule has 126 valence electrons. The van der Waals surface area contributed by atoms with Gasteiger partial charge in [0.2, 0.25) is 0 Å². The van der Waals surface area contributed by atoms with E-state index in [0.29, 0.717) is 5.56 Å². The summed E-state index contributed by atoms with van der Waals surface area (Å²) < 4.78 is 1.92. The summed E-state index contributed by atoms with van der Waals surface area (Å²) in [7, 11) is 0. The van der Waals surface area contributed by atoms with Gasteiger partial charge in [0.25, 0.3) is 5.91 Å². The molecule has 0 aliphatic carbocycles. The van der Waals surface area contributed by atoms with Crippen LogP contribution in [0.5, 0.6) is 5.75 Å². The summed E-state index contributed by atoms with van der Waals surface area (Å²) in [6.45, 7) is 1.96. The summed E-state index contributed by atoms with van der Waals surface area (Å²) >= 11 is 0. The topological polar surface area (TPSA) is 83.6 Å². The fourth-order valence-corrected chi connectivity index (χ4v) is 4.20. The van der Waals surface area contributed by atoms with Gasteiger partial charge in [-0.15, -0.1) is 0 Å². The number of hydrogen-bond acceptors (Lipinski definition) is 5. The minimum absolute atomic E-state index is 0.00463. The third-order valence-electron chi connectivity index (χ3n) is 5.23. The second-order valence-electron chi connectivity index (χ2n) is 6.81. The normalized spacial score (nSPS) is 21.6. The molecule has 7 heteroatoms. The molecule has 0 saturated carbocycles. The molecule has 2 aliphatic rings. The van der Waals surface area contributed by atoms with E-state index in [2.05, 4.69) is 15.1 Å². The first-order valence-electron chi connectivity index (χ1n) is 8.42. The molecule has 2 atom stereocenters. The van der Waals surface area contributed by atoms with Gasteiger partial charge in [0.1, 0.15) is 5.75 Å². The van der Waals surface area contributed by atoms with Gasteiger partial charge in [-0.2, -0.15) is 5.10 Å². The largest absolute Gasteiger partial charge is 0.506 e. The van der Waals surface area contributed by atoms with Crippen molar-refractivity contribution in [3.05, 3.63) is 53.2 Å². The first-order chi connectivity index (χ1) is 12.1. The highest BCUT2D eigenvalue weighted by atomic mass is 16.3. The second kappa shape index (κ2) is 5.02. The highest BCUT2D eigenvalue weighted by molar-refractivity contribution is 5.95. The van der Waals surface area contributed by atoms with Crippen molar-refractivity contribution < 1.29 is 9.90 Å². The number of fused-ring (bicyclic) bond motifs is 6. The van der Waals surface area contributed by atoms with Crippen molar-refractivity contribution in [2.24, 2.45) is 0 Å². The zero-order valence-corrected chi connectivity index (χ0v) is 13.8. The minimum atomic E-state index is -0.0849. The van der Waals surface area contributed by atoms with Crippen molar-refractivity contribution in [1.29, 1.82) is 0 Å². The Bertz CT molecular complexity index is 1010. The van der Waals surface area contributed by atoms with Gasteiger partial charge in [-0.05, 0) is 25.8 Å². The van der Waals surface area contributed by atoms with Crippen LogP contribution in [0, 0.1) is 6.92 Å². The lowest BCUT2D eigenvalue weighted by molar-refractivity contribution is 0.0641. The third-order valence-corrected chi connectivity index (χ3v) is 5.23. The fraction of sp³-hybridized carbons (Fsp3) is 0.333. The Morgan fingerprint density at radius 1 is 1.24 bits per heavy atom. The fourth-order valence-electron chi connectivity index (χ4n) is 4.20. The number of rotatable bonds is 1. The first-order valence-corrected chi connectivity index (χ1v) is 8.42. The van der Waals surface area contributed by atoms with Crippen molar-refractivity contribution in [1.82, 2.24) is 24.5 Å². The molecule has 25 heavy (non-hydrogen) atoms. The molecule has 2 bridgehead atoms. The van der Waals surface area contributed by atoms with E-state index in [1.165, 1.54) is 18.5 Å². The first kappa shape index (κ1) is 14.4. The lowest BCUT2D eigenvalue weighted by Gasteiger charge is -2.36. The number of carbonyl (C=O) groups is 1. The number of hydrogen-bond donors (Lipinski definition) is 1. The zero-order chi connectivity index (χ0) is 17.1. The molecule has 1 fully saturated rings. The van der Waals surface area contributed by atoms with Crippen LogP contribution in [0.15, 0.2) is 30.7 Å². The Balaban J connectivity index is 1.59. The molecular formula is C18H17N5O2. The Kier molecular flexibility index (Phi) is 2.89. The molecule has 0 spiro atoms. The molecule has 5 rings (SSSR count). The van der Waals surface area contributed by atoms with Crippen molar-refractivity contribution in [3.8, 4) is 5.75 Å². The predicted molar refractivity (Wildman–Crippen MR) is 89.3 cm³/mol. The number of nitrogens with zero attached hydrogens (tertiary/aromatic N) is 5. The van der Waals surface area contributed by atoms with Crippen LogP contribution < -0.4 is 0 Å². The maximum absolute atomic E-state index is 13.0. The Hall–Kier alpha value is -2.96. The Morgan fingerprint density at radius 3 is 2.96 bits per heavy atom. The zero-order valence-electron chi connectivity index (χ0n) is 13.8. The van der Waals surface area contributed by atoms with Gasteiger partial charge < -0.3 is 10.0 Å². The van der Waals surface area contributed by atoms with E-state index in [-0.39, 0.29) is 23.7 Å². The van der Waals surface area contributed by atoms with Gasteiger partial charge >= 0.3 is 0 Å². The SMILES string of the molecule is Cc1cc2ncc3c(n2n1)C[C@@H]1CC[C@H]3N1C(=O)c1cncc(O)c1. The van der Waals surface area contributed by atoms with Crippen LogP contribution >= 0.6 is 0 Å². The van der Waals surface area contributed by atoms with Crippen LogP contribution in [0.1, 0.15) is 46.2 Å². The van der Waals surface area contributed by atoms with Crippen LogP contribution in [0.25, 0.3) is 5.65 Å². The van der Waals surface area contributed by atoms with Gasteiger partial charge in [-0.25, -0.2) is 9.50 Å². The standard InChI is InChI=1S/C18H17N5O2/c1-10-4-17-20-9-14-15-3-2-12(6-16(14)23(17)21-10)22(15)18(25)11-5-13(24)8-19-7-11/h4-5,7-9,12,15,24H,2-3,6H2,1H3/t12-,15+/m0/s1. The van der Waals surface area contributed by atoms with Gasteiger partial charge in [0, 0.05) is 36.5 Å². The smallest absolute Gasteiger partial charge is 0.256 e. The summed E-state index contributed by atoms with van der Waals surface area (Å²) in [6, 6.07) is 3.59. The predicted octanol–water partition coefficient (Wildman–Crippen LogP) is 2.04. The molecule has 1 saturated heterocycles. The molecule has 3 aromatic heterocycles. The van der Waals surface area contributed by atoms with Gasteiger partial charge in [-0.1, -0.05) is 0 Å². The molecule has 0 aromatic carbocycles. The van der Waals surface area contributed by atoms with Gasteiger partial charge in [0.05, 0.1) is 29.2 Å². The lowest BCUT2D eigenvalue weighted by atomic mass is 9.98. The molecule has 2 aliphatic heterocycles. The molecular weight excluding hydrogens is 318 g/mol. The van der Waals surface area contributed by atoms with Crippen LogP contribution in [0.3, 0.4) is 0 Å². The molecule has 7 nitrogen and oxygen atoms in total. The summed E-state index contributed by atoms with van der Waals surface area (Å²) in [5.74, 6) is -0.0794. The summed E-state index contributed by atoms with van der Waals surface area (Å²) in [5.41, 5.74) is 4.45. The van der Waals surface area contributed by atoms with E-state index in [1.54, 1.807) is 0 Å². The number of pyridine rings is 1. The monoisotopic (exact) mass is 335 g/mol. The number of carbonyl (C=O) groups excluding carboxylic acids is 1. The van der Waals surface area contributed by atoms with Crippen LogP contribution in [0.2, 0.25) is 0 Å². The van der Waals surface area contributed by atoms with Crippen LogP contribution in [-0.4, -0.2) is 41.5 Å².